The summed E-state index contributed by atoms with van der Waals surface area (Å²) in [5.41, 5.74) is 0. The van der Waals surface area contributed by atoms with E-state index in [2.05, 4.69) is 0 Å². The first-order valence-electron chi connectivity index (χ1n) is 6.72. The molecule has 6 nitrogen and oxygen atoms in total. The van der Waals surface area contributed by atoms with E-state index < -0.39 is 15.9 Å². The SMILES string of the molecule is CCOC(=O)[C@@H]1CCCN(C2CS(=O)(=O)CC2O)C1. The number of aliphatic hydroxyl groups excluding tert-OH is 1. The summed E-state index contributed by atoms with van der Waals surface area (Å²) in [6, 6.07) is -0.373. The maximum absolute atomic E-state index is 11.7. The summed E-state index contributed by atoms with van der Waals surface area (Å²) in [6.45, 7) is 3.34. The Morgan fingerprint density at radius 1 is 1.42 bits per heavy atom. The molecule has 0 aliphatic carbocycles. The van der Waals surface area contributed by atoms with Crippen molar-refractivity contribution in [1.29, 1.82) is 0 Å². The molecule has 0 aromatic heterocycles. The van der Waals surface area contributed by atoms with E-state index in [0.717, 1.165) is 19.4 Å². The van der Waals surface area contributed by atoms with E-state index in [1.807, 2.05) is 4.90 Å². The molecule has 19 heavy (non-hydrogen) atoms. The summed E-state index contributed by atoms with van der Waals surface area (Å²) in [4.78, 5) is 13.7. The molecule has 2 fully saturated rings. The Hall–Kier alpha value is -0.660. The highest BCUT2D eigenvalue weighted by molar-refractivity contribution is 7.91. The van der Waals surface area contributed by atoms with Gasteiger partial charge in [0.25, 0.3) is 0 Å². The van der Waals surface area contributed by atoms with Crippen molar-refractivity contribution >= 4 is 15.8 Å². The van der Waals surface area contributed by atoms with E-state index in [1.54, 1.807) is 6.92 Å². The maximum atomic E-state index is 11.7. The largest absolute Gasteiger partial charge is 0.466 e. The molecule has 0 amide bonds. The number of sulfone groups is 1. The van der Waals surface area contributed by atoms with Crippen LogP contribution in [0.25, 0.3) is 0 Å². The second-order valence-corrected chi connectivity index (χ2v) is 7.45. The molecule has 2 rings (SSSR count). The second-order valence-electron chi connectivity index (χ2n) is 5.30. The van der Waals surface area contributed by atoms with Crippen LogP contribution < -0.4 is 0 Å². The Labute approximate surface area is 113 Å². The topological polar surface area (TPSA) is 83.9 Å². The molecule has 2 unspecified atom stereocenters. The number of esters is 1. The zero-order valence-corrected chi connectivity index (χ0v) is 11.9. The van der Waals surface area contributed by atoms with E-state index in [4.69, 9.17) is 4.74 Å². The van der Waals surface area contributed by atoms with Crippen LogP contribution in [0, 0.1) is 5.92 Å². The molecule has 0 aromatic rings. The second kappa shape index (κ2) is 5.76. The van der Waals surface area contributed by atoms with Crippen LogP contribution in [-0.2, 0) is 19.4 Å². The number of likely N-dealkylation sites (tertiary alicyclic amines) is 1. The predicted molar refractivity (Wildman–Crippen MR) is 69.4 cm³/mol. The number of nitrogens with zero attached hydrogens (tertiary/aromatic N) is 1. The van der Waals surface area contributed by atoms with Crippen molar-refractivity contribution in [3.05, 3.63) is 0 Å². The average molecular weight is 291 g/mol. The zero-order valence-electron chi connectivity index (χ0n) is 11.1. The molecule has 7 heteroatoms. The van der Waals surface area contributed by atoms with Gasteiger partial charge >= 0.3 is 5.97 Å². The third-order valence-corrected chi connectivity index (χ3v) is 5.53. The van der Waals surface area contributed by atoms with Crippen molar-refractivity contribution in [1.82, 2.24) is 4.90 Å². The lowest BCUT2D eigenvalue weighted by atomic mass is 9.96. The van der Waals surface area contributed by atoms with Gasteiger partial charge in [-0.15, -0.1) is 0 Å². The number of hydrogen-bond acceptors (Lipinski definition) is 6. The molecule has 0 aromatic carbocycles. The van der Waals surface area contributed by atoms with Gasteiger partial charge in [-0.2, -0.15) is 0 Å². The van der Waals surface area contributed by atoms with Gasteiger partial charge in [-0.1, -0.05) is 0 Å². The van der Waals surface area contributed by atoms with Crippen LogP contribution in [0.2, 0.25) is 0 Å². The molecule has 0 saturated carbocycles. The molecule has 0 spiro atoms. The normalized spacial score (nSPS) is 35.2. The Morgan fingerprint density at radius 3 is 2.74 bits per heavy atom. The van der Waals surface area contributed by atoms with Gasteiger partial charge in [-0.25, -0.2) is 8.42 Å². The van der Waals surface area contributed by atoms with Crippen LogP contribution in [0.5, 0.6) is 0 Å². The fourth-order valence-corrected chi connectivity index (χ4v) is 4.75. The first-order valence-corrected chi connectivity index (χ1v) is 8.54. The van der Waals surface area contributed by atoms with Gasteiger partial charge in [0, 0.05) is 6.54 Å². The van der Waals surface area contributed by atoms with Gasteiger partial charge in [-0.3, -0.25) is 9.69 Å². The van der Waals surface area contributed by atoms with Crippen LogP contribution in [0.1, 0.15) is 19.8 Å². The zero-order chi connectivity index (χ0) is 14.0. The van der Waals surface area contributed by atoms with E-state index in [0.29, 0.717) is 13.2 Å². The maximum Gasteiger partial charge on any atom is 0.310 e. The van der Waals surface area contributed by atoms with Crippen LogP contribution in [0.4, 0.5) is 0 Å². The minimum Gasteiger partial charge on any atom is -0.466 e. The van der Waals surface area contributed by atoms with Gasteiger partial charge in [-0.05, 0) is 26.3 Å². The minimum absolute atomic E-state index is 0.0102. The lowest BCUT2D eigenvalue weighted by Gasteiger charge is -2.36. The van der Waals surface area contributed by atoms with Crippen molar-refractivity contribution in [2.75, 3.05) is 31.2 Å². The number of piperidine rings is 1. The molecule has 0 radical (unpaired) electrons. The highest BCUT2D eigenvalue weighted by Crippen LogP contribution is 2.25. The molecule has 0 bridgehead atoms. The van der Waals surface area contributed by atoms with Crippen LogP contribution in [0.15, 0.2) is 0 Å². The molecule has 110 valence electrons. The summed E-state index contributed by atoms with van der Waals surface area (Å²) >= 11 is 0. The summed E-state index contributed by atoms with van der Waals surface area (Å²) < 4.78 is 28.1. The first-order chi connectivity index (χ1) is 8.93. The van der Waals surface area contributed by atoms with Crippen LogP contribution in [0.3, 0.4) is 0 Å². The Kier molecular flexibility index (Phi) is 4.47. The van der Waals surface area contributed by atoms with Crippen molar-refractivity contribution in [3.63, 3.8) is 0 Å². The Balaban J connectivity index is 2.00. The Bertz CT molecular complexity index is 435. The molecular weight excluding hydrogens is 270 g/mol. The lowest BCUT2D eigenvalue weighted by molar-refractivity contribution is -0.150. The highest BCUT2D eigenvalue weighted by atomic mass is 32.2. The monoisotopic (exact) mass is 291 g/mol. The molecule has 1 N–H and O–H groups in total. The number of rotatable bonds is 3. The summed E-state index contributed by atoms with van der Waals surface area (Å²) in [5.74, 6) is -0.603. The third kappa shape index (κ3) is 3.46. The molecule has 2 aliphatic rings. The number of ether oxygens (including phenoxy) is 1. The first kappa shape index (κ1) is 14.7. The van der Waals surface area contributed by atoms with E-state index in [1.165, 1.54) is 0 Å². The number of carbonyl (C=O) groups is 1. The van der Waals surface area contributed by atoms with Gasteiger partial charge in [0.1, 0.15) is 0 Å². The van der Waals surface area contributed by atoms with Crippen molar-refractivity contribution in [2.24, 2.45) is 5.92 Å². The third-order valence-electron chi connectivity index (χ3n) is 3.84. The van der Waals surface area contributed by atoms with E-state index in [-0.39, 0.29) is 29.4 Å². The van der Waals surface area contributed by atoms with Gasteiger partial charge in [0.15, 0.2) is 9.84 Å². The summed E-state index contributed by atoms with van der Waals surface area (Å²) in [7, 11) is -3.15. The molecule has 2 aliphatic heterocycles. The highest BCUT2D eigenvalue weighted by Gasteiger charge is 2.42. The van der Waals surface area contributed by atoms with Crippen molar-refractivity contribution in [2.45, 2.75) is 31.9 Å². The smallest absolute Gasteiger partial charge is 0.310 e. The lowest BCUT2D eigenvalue weighted by Crippen LogP contribution is -2.49. The molecule has 3 atom stereocenters. The Morgan fingerprint density at radius 2 is 2.16 bits per heavy atom. The number of carbonyl (C=O) groups excluding carboxylic acids is 1. The number of aliphatic hydroxyl groups is 1. The fraction of sp³-hybridized carbons (Fsp3) is 0.917. The van der Waals surface area contributed by atoms with E-state index in [9.17, 15) is 18.3 Å². The van der Waals surface area contributed by atoms with Gasteiger partial charge < -0.3 is 9.84 Å². The summed E-state index contributed by atoms with van der Waals surface area (Å²) in [6.07, 6.45) is 0.753. The minimum atomic E-state index is -3.15. The van der Waals surface area contributed by atoms with Crippen LogP contribution >= 0.6 is 0 Å². The summed E-state index contributed by atoms with van der Waals surface area (Å²) in [5, 5.41) is 9.87. The molecule has 2 heterocycles. The van der Waals surface area contributed by atoms with Gasteiger partial charge in [0.05, 0.1) is 36.2 Å². The standard InChI is InChI=1S/C12H21NO5S/c1-2-18-12(15)9-4-3-5-13(6-9)10-7-19(16,17)8-11(10)14/h9-11,14H,2-8H2,1H3/t9-,10?,11?/m1/s1. The van der Waals surface area contributed by atoms with Gasteiger partial charge in [0.2, 0.25) is 0 Å². The average Bonchev–Trinajstić information content (AvgIpc) is 2.63. The quantitative estimate of drug-likeness (QED) is 0.700. The predicted octanol–water partition coefficient (Wildman–Crippen LogP) is -0.581. The van der Waals surface area contributed by atoms with E-state index >= 15 is 0 Å². The van der Waals surface area contributed by atoms with Crippen molar-refractivity contribution in [3.8, 4) is 0 Å². The fourth-order valence-electron chi connectivity index (χ4n) is 2.92. The molecule has 2 saturated heterocycles. The number of hydrogen-bond donors (Lipinski definition) is 1. The van der Waals surface area contributed by atoms with Crippen molar-refractivity contribution < 1.29 is 23.1 Å². The molecular formula is C12H21NO5S. The van der Waals surface area contributed by atoms with Crippen LogP contribution in [-0.4, -0.2) is 67.7 Å².